The minimum Gasteiger partial charge on any atom is -0.378 e. The van der Waals surface area contributed by atoms with Gasteiger partial charge < -0.3 is 20.3 Å². The number of rotatable bonds is 5. The first-order chi connectivity index (χ1) is 13.0. The number of anilines is 1. The van der Waals surface area contributed by atoms with E-state index in [0.29, 0.717) is 6.54 Å². The maximum atomic E-state index is 12.2. The molecule has 1 saturated heterocycles. The van der Waals surface area contributed by atoms with Gasteiger partial charge in [0.15, 0.2) is 0 Å². The molecule has 3 rings (SSSR count). The monoisotopic (exact) mass is 368 g/mol. The van der Waals surface area contributed by atoms with Crippen LogP contribution in [0.2, 0.25) is 0 Å². The molecule has 2 aromatic rings. The standard InChI is InChI=1S/C21H28N4O2/c1-15-4-5-16(2)19(12-15)17(3)24-21(26)23-14-18-6-7-20(22-13-18)25-8-10-27-11-9-25/h4-7,12-13,17H,8-11,14H2,1-3H3,(H2,23,24,26)/t17-/m1/s1. The summed E-state index contributed by atoms with van der Waals surface area (Å²) >= 11 is 0. The van der Waals surface area contributed by atoms with Gasteiger partial charge in [-0.2, -0.15) is 0 Å². The Morgan fingerprint density at radius 2 is 2.00 bits per heavy atom. The molecule has 2 N–H and O–H groups in total. The second-order valence-corrected chi connectivity index (χ2v) is 7.03. The molecule has 0 saturated carbocycles. The Hall–Kier alpha value is -2.60. The number of aromatic nitrogens is 1. The molecule has 0 bridgehead atoms. The molecule has 1 aliphatic rings. The largest absolute Gasteiger partial charge is 0.378 e. The summed E-state index contributed by atoms with van der Waals surface area (Å²) in [5, 5.41) is 5.91. The Morgan fingerprint density at radius 1 is 1.22 bits per heavy atom. The van der Waals surface area contributed by atoms with Crippen LogP contribution < -0.4 is 15.5 Å². The molecule has 6 heteroatoms. The fourth-order valence-corrected chi connectivity index (χ4v) is 3.23. The maximum Gasteiger partial charge on any atom is 0.315 e. The number of amides is 2. The van der Waals surface area contributed by atoms with E-state index in [1.54, 1.807) is 0 Å². The number of nitrogens with zero attached hydrogens (tertiary/aromatic N) is 2. The van der Waals surface area contributed by atoms with E-state index in [0.717, 1.165) is 43.2 Å². The van der Waals surface area contributed by atoms with E-state index < -0.39 is 0 Å². The molecule has 2 amide bonds. The number of carbonyl (C=O) groups excluding carboxylic acids is 1. The van der Waals surface area contributed by atoms with Crippen LogP contribution in [0.1, 0.15) is 35.2 Å². The van der Waals surface area contributed by atoms with Crippen molar-refractivity contribution < 1.29 is 9.53 Å². The second-order valence-electron chi connectivity index (χ2n) is 7.03. The summed E-state index contributed by atoms with van der Waals surface area (Å²) in [6.07, 6.45) is 1.82. The quantitative estimate of drug-likeness (QED) is 0.851. The normalized spacial score (nSPS) is 15.3. The van der Waals surface area contributed by atoms with Gasteiger partial charge in [-0.05, 0) is 43.5 Å². The van der Waals surface area contributed by atoms with E-state index >= 15 is 0 Å². The topological polar surface area (TPSA) is 66.5 Å². The van der Waals surface area contributed by atoms with Crippen LogP contribution in [0.3, 0.4) is 0 Å². The lowest BCUT2D eigenvalue weighted by Gasteiger charge is -2.27. The van der Waals surface area contributed by atoms with Gasteiger partial charge in [0.2, 0.25) is 0 Å². The molecule has 6 nitrogen and oxygen atoms in total. The van der Waals surface area contributed by atoms with Crippen molar-refractivity contribution in [1.82, 2.24) is 15.6 Å². The van der Waals surface area contributed by atoms with Crippen molar-refractivity contribution in [2.75, 3.05) is 31.2 Å². The van der Waals surface area contributed by atoms with Gasteiger partial charge in [-0.3, -0.25) is 0 Å². The Bertz CT molecular complexity index is 770. The van der Waals surface area contributed by atoms with E-state index in [2.05, 4.69) is 52.6 Å². The Labute approximate surface area is 160 Å². The zero-order valence-corrected chi connectivity index (χ0v) is 16.3. The van der Waals surface area contributed by atoms with Crippen molar-refractivity contribution in [2.45, 2.75) is 33.4 Å². The van der Waals surface area contributed by atoms with Crippen molar-refractivity contribution in [3.63, 3.8) is 0 Å². The van der Waals surface area contributed by atoms with E-state index in [9.17, 15) is 4.79 Å². The van der Waals surface area contributed by atoms with Crippen LogP contribution in [-0.2, 0) is 11.3 Å². The summed E-state index contributed by atoms with van der Waals surface area (Å²) in [5.41, 5.74) is 4.48. The van der Waals surface area contributed by atoms with Crippen molar-refractivity contribution in [1.29, 1.82) is 0 Å². The SMILES string of the molecule is Cc1ccc(C)c([C@@H](C)NC(=O)NCc2ccc(N3CCOCC3)nc2)c1. The van der Waals surface area contributed by atoms with Gasteiger partial charge in [-0.25, -0.2) is 9.78 Å². The van der Waals surface area contributed by atoms with Gasteiger partial charge in [0.1, 0.15) is 5.82 Å². The van der Waals surface area contributed by atoms with Gasteiger partial charge in [0.05, 0.1) is 19.3 Å². The minimum absolute atomic E-state index is 0.0493. The number of hydrogen-bond donors (Lipinski definition) is 2. The first-order valence-corrected chi connectivity index (χ1v) is 9.42. The molecule has 0 aliphatic carbocycles. The number of pyridine rings is 1. The van der Waals surface area contributed by atoms with Crippen LogP contribution in [-0.4, -0.2) is 37.3 Å². The maximum absolute atomic E-state index is 12.2. The molecule has 1 aromatic heterocycles. The number of morpholine rings is 1. The summed E-state index contributed by atoms with van der Waals surface area (Å²) in [7, 11) is 0. The van der Waals surface area contributed by atoms with Gasteiger partial charge in [-0.1, -0.05) is 29.8 Å². The molecule has 1 aromatic carbocycles. The summed E-state index contributed by atoms with van der Waals surface area (Å²) in [4.78, 5) is 19.0. The average Bonchev–Trinajstić information content (AvgIpc) is 2.69. The number of urea groups is 1. The number of benzene rings is 1. The first kappa shape index (κ1) is 19.2. The highest BCUT2D eigenvalue weighted by Crippen LogP contribution is 2.18. The smallest absolute Gasteiger partial charge is 0.315 e. The highest BCUT2D eigenvalue weighted by molar-refractivity contribution is 5.74. The number of nitrogens with one attached hydrogen (secondary N) is 2. The fraction of sp³-hybridized carbons (Fsp3) is 0.429. The van der Waals surface area contributed by atoms with Crippen molar-refractivity contribution in [3.8, 4) is 0 Å². The van der Waals surface area contributed by atoms with Crippen LogP contribution in [0.5, 0.6) is 0 Å². The lowest BCUT2D eigenvalue weighted by Crippen LogP contribution is -2.37. The van der Waals surface area contributed by atoms with Crippen molar-refractivity contribution in [2.24, 2.45) is 0 Å². The number of carbonyl (C=O) groups is 1. The highest BCUT2D eigenvalue weighted by atomic mass is 16.5. The first-order valence-electron chi connectivity index (χ1n) is 9.42. The van der Waals surface area contributed by atoms with Crippen molar-refractivity contribution in [3.05, 3.63) is 58.8 Å². The minimum atomic E-state index is -0.180. The molecule has 144 valence electrons. The fourth-order valence-electron chi connectivity index (χ4n) is 3.23. The van der Waals surface area contributed by atoms with Gasteiger partial charge in [0, 0.05) is 25.8 Å². The zero-order chi connectivity index (χ0) is 19.2. The van der Waals surface area contributed by atoms with Crippen LogP contribution in [0.25, 0.3) is 0 Å². The molecular formula is C21H28N4O2. The molecule has 0 radical (unpaired) electrons. The third-order valence-electron chi connectivity index (χ3n) is 4.85. The summed E-state index contributed by atoms with van der Waals surface area (Å²) < 4.78 is 5.36. The zero-order valence-electron chi connectivity index (χ0n) is 16.3. The van der Waals surface area contributed by atoms with Crippen molar-refractivity contribution >= 4 is 11.8 Å². The van der Waals surface area contributed by atoms with E-state index in [1.807, 2.05) is 25.3 Å². The van der Waals surface area contributed by atoms with Gasteiger partial charge in [-0.15, -0.1) is 0 Å². The summed E-state index contributed by atoms with van der Waals surface area (Å²) in [5.74, 6) is 0.954. The molecule has 27 heavy (non-hydrogen) atoms. The van der Waals surface area contributed by atoms with Crippen LogP contribution >= 0.6 is 0 Å². The highest BCUT2D eigenvalue weighted by Gasteiger charge is 2.13. The van der Waals surface area contributed by atoms with Crippen LogP contribution in [0.15, 0.2) is 36.5 Å². The molecule has 2 heterocycles. The Morgan fingerprint density at radius 3 is 2.70 bits per heavy atom. The predicted molar refractivity (Wildman–Crippen MR) is 107 cm³/mol. The molecular weight excluding hydrogens is 340 g/mol. The molecule has 0 unspecified atom stereocenters. The number of hydrogen-bond acceptors (Lipinski definition) is 4. The molecule has 1 fully saturated rings. The van der Waals surface area contributed by atoms with E-state index in [-0.39, 0.29) is 12.1 Å². The number of aryl methyl sites for hydroxylation is 2. The summed E-state index contributed by atoms with van der Waals surface area (Å²) in [6, 6.07) is 10.1. The third kappa shape index (κ3) is 5.20. The van der Waals surface area contributed by atoms with Crippen LogP contribution in [0.4, 0.5) is 10.6 Å². The summed E-state index contributed by atoms with van der Waals surface area (Å²) in [6.45, 7) is 9.78. The van der Waals surface area contributed by atoms with E-state index in [1.165, 1.54) is 11.1 Å². The lowest BCUT2D eigenvalue weighted by molar-refractivity contribution is 0.122. The van der Waals surface area contributed by atoms with E-state index in [4.69, 9.17) is 4.74 Å². The lowest BCUT2D eigenvalue weighted by atomic mass is 10.0. The van der Waals surface area contributed by atoms with Crippen LogP contribution in [0, 0.1) is 13.8 Å². The predicted octanol–water partition coefficient (Wildman–Crippen LogP) is 3.10. The Balaban J connectivity index is 1.50. The average molecular weight is 368 g/mol. The molecule has 1 atom stereocenters. The van der Waals surface area contributed by atoms with Gasteiger partial charge >= 0.3 is 6.03 Å². The Kier molecular flexibility index (Phi) is 6.29. The second kappa shape index (κ2) is 8.86. The molecule has 0 spiro atoms. The van der Waals surface area contributed by atoms with Gasteiger partial charge in [0.25, 0.3) is 0 Å². The third-order valence-corrected chi connectivity index (χ3v) is 4.85. The molecule has 1 aliphatic heterocycles. The number of ether oxygens (including phenoxy) is 1.